The molecule has 1 fully saturated rings. The quantitative estimate of drug-likeness (QED) is 0.772. The van der Waals surface area contributed by atoms with E-state index in [0.717, 1.165) is 0 Å². The molecule has 5 nitrogen and oxygen atoms in total. The molecule has 0 spiro atoms. The molecule has 1 aliphatic rings. The van der Waals surface area contributed by atoms with Crippen LogP contribution < -0.4 is 4.90 Å². The van der Waals surface area contributed by atoms with E-state index < -0.39 is 17.3 Å². The molecule has 0 atom stereocenters. The molecule has 0 unspecified atom stereocenters. The van der Waals surface area contributed by atoms with Gasteiger partial charge in [-0.05, 0) is 25.0 Å². The zero-order chi connectivity index (χ0) is 12.6. The number of para-hydroxylation sites is 2. The number of carboxylic acids is 1. The molecule has 0 radical (unpaired) electrons. The number of nitrogens with zero attached hydrogens (tertiary/aromatic N) is 1. The number of amides is 1. The third-order valence-corrected chi connectivity index (χ3v) is 3.12. The number of anilines is 1. The van der Waals surface area contributed by atoms with Crippen LogP contribution >= 0.6 is 0 Å². The van der Waals surface area contributed by atoms with Crippen LogP contribution in [-0.4, -0.2) is 29.1 Å². The lowest BCUT2D eigenvalue weighted by Crippen LogP contribution is -2.38. The fraction of sp³-hybridized carbons (Fsp3) is 0.333. The van der Waals surface area contributed by atoms with E-state index in [4.69, 9.17) is 5.11 Å². The SMILES string of the molecule is CN(C(=O)C1(C(=O)O)CC1)c1ccccc1O. The Morgan fingerprint density at radius 3 is 2.35 bits per heavy atom. The summed E-state index contributed by atoms with van der Waals surface area (Å²) in [6, 6.07) is 6.35. The Morgan fingerprint density at radius 2 is 1.88 bits per heavy atom. The molecule has 17 heavy (non-hydrogen) atoms. The molecule has 5 heteroatoms. The van der Waals surface area contributed by atoms with Gasteiger partial charge in [0.05, 0.1) is 5.69 Å². The molecular formula is C12H13NO4. The number of hydrogen-bond acceptors (Lipinski definition) is 3. The van der Waals surface area contributed by atoms with Crippen LogP contribution in [0.15, 0.2) is 24.3 Å². The number of carboxylic acid groups (broad SMARTS) is 1. The van der Waals surface area contributed by atoms with Gasteiger partial charge in [-0.3, -0.25) is 9.59 Å². The Balaban J connectivity index is 2.28. The summed E-state index contributed by atoms with van der Waals surface area (Å²) in [6.45, 7) is 0. The number of hydrogen-bond donors (Lipinski definition) is 2. The summed E-state index contributed by atoms with van der Waals surface area (Å²) >= 11 is 0. The van der Waals surface area contributed by atoms with E-state index in [2.05, 4.69) is 0 Å². The number of rotatable bonds is 3. The van der Waals surface area contributed by atoms with Crippen LogP contribution in [0, 0.1) is 5.41 Å². The number of carbonyl (C=O) groups is 2. The summed E-state index contributed by atoms with van der Waals surface area (Å²) in [6.07, 6.45) is 0.720. The smallest absolute Gasteiger partial charge is 0.319 e. The number of aromatic hydroxyl groups is 1. The number of phenolic OH excluding ortho intramolecular Hbond substituents is 1. The van der Waals surface area contributed by atoms with Crippen molar-refractivity contribution in [2.24, 2.45) is 5.41 Å². The zero-order valence-electron chi connectivity index (χ0n) is 9.38. The summed E-state index contributed by atoms with van der Waals surface area (Å²) in [5.41, 5.74) is -0.957. The van der Waals surface area contributed by atoms with Gasteiger partial charge in [-0.1, -0.05) is 12.1 Å². The molecule has 0 aromatic heterocycles. The third-order valence-electron chi connectivity index (χ3n) is 3.12. The van der Waals surface area contributed by atoms with Gasteiger partial charge in [-0.2, -0.15) is 0 Å². The van der Waals surface area contributed by atoms with Crippen molar-refractivity contribution in [3.05, 3.63) is 24.3 Å². The van der Waals surface area contributed by atoms with Crippen molar-refractivity contribution in [3.63, 3.8) is 0 Å². The van der Waals surface area contributed by atoms with Crippen LogP contribution in [0.4, 0.5) is 5.69 Å². The zero-order valence-corrected chi connectivity index (χ0v) is 9.38. The summed E-state index contributed by atoms with van der Waals surface area (Å²) < 4.78 is 0. The van der Waals surface area contributed by atoms with E-state index in [0.29, 0.717) is 18.5 Å². The van der Waals surface area contributed by atoms with Crippen molar-refractivity contribution in [3.8, 4) is 5.75 Å². The van der Waals surface area contributed by atoms with Gasteiger partial charge < -0.3 is 15.1 Å². The Hall–Kier alpha value is -2.04. The molecule has 1 aromatic carbocycles. The van der Waals surface area contributed by atoms with Crippen LogP contribution in [0.3, 0.4) is 0 Å². The van der Waals surface area contributed by atoms with Gasteiger partial charge >= 0.3 is 5.97 Å². The maximum Gasteiger partial charge on any atom is 0.319 e. The van der Waals surface area contributed by atoms with E-state index in [1.165, 1.54) is 18.0 Å². The maximum atomic E-state index is 12.1. The van der Waals surface area contributed by atoms with Crippen molar-refractivity contribution < 1.29 is 19.8 Å². The van der Waals surface area contributed by atoms with E-state index in [-0.39, 0.29) is 5.75 Å². The maximum absolute atomic E-state index is 12.1. The first-order valence-electron chi connectivity index (χ1n) is 5.28. The molecule has 1 aliphatic carbocycles. The minimum atomic E-state index is -1.28. The van der Waals surface area contributed by atoms with E-state index in [1.807, 2.05) is 0 Å². The number of benzene rings is 1. The second-order valence-electron chi connectivity index (χ2n) is 4.24. The van der Waals surface area contributed by atoms with Crippen LogP contribution in [-0.2, 0) is 9.59 Å². The Labute approximate surface area is 98.3 Å². The number of carbonyl (C=O) groups excluding carboxylic acids is 1. The van der Waals surface area contributed by atoms with Gasteiger partial charge in [-0.25, -0.2) is 0 Å². The Bertz CT molecular complexity index is 479. The van der Waals surface area contributed by atoms with Crippen molar-refractivity contribution in [1.82, 2.24) is 0 Å². The summed E-state index contributed by atoms with van der Waals surface area (Å²) in [7, 11) is 1.47. The van der Waals surface area contributed by atoms with Gasteiger partial charge in [0, 0.05) is 7.05 Å². The number of phenols is 1. The van der Waals surface area contributed by atoms with Gasteiger partial charge in [0.15, 0.2) is 0 Å². The lowest BCUT2D eigenvalue weighted by Gasteiger charge is -2.21. The number of aliphatic carboxylic acids is 1. The summed E-state index contributed by atoms with van der Waals surface area (Å²) in [4.78, 5) is 24.3. The largest absolute Gasteiger partial charge is 0.506 e. The topological polar surface area (TPSA) is 77.8 Å². The van der Waals surface area contributed by atoms with Gasteiger partial charge in [0.2, 0.25) is 5.91 Å². The van der Waals surface area contributed by atoms with E-state index >= 15 is 0 Å². The van der Waals surface area contributed by atoms with Gasteiger partial charge in [0.1, 0.15) is 11.2 Å². The first-order chi connectivity index (χ1) is 7.99. The average Bonchev–Trinajstić information content (AvgIpc) is 3.09. The van der Waals surface area contributed by atoms with E-state index in [9.17, 15) is 14.7 Å². The Kier molecular flexibility index (Phi) is 2.53. The fourth-order valence-electron chi connectivity index (χ4n) is 1.82. The molecule has 2 N–H and O–H groups in total. The highest BCUT2D eigenvalue weighted by Crippen LogP contribution is 2.48. The standard InChI is InChI=1S/C12H13NO4/c1-13(8-4-2-3-5-9(8)14)10(15)12(6-7-12)11(16)17/h2-5,14H,6-7H2,1H3,(H,16,17). The highest BCUT2D eigenvalue weighted by Gasteiger charge is 2.58. The molecule has 0 aliphatic heterocycles. The predicted molar refractivity (Wildman–Crippen MR) is 60.8 cm³/mol. The first kappa shape index (κ1) is 11.4. The average molecular weight is 235 g/mol. The summed E-state index contributed by atoms with van der Waals surface area (Å²) in [5, 5.41) is 18.6. The van der Waals surface area contributed by atoms with Gasteiger partial charge in [0.25, 0.3) is 0 Å². The molecule has 90 valence electrons. The molecule has 1 aromatic rings. The fourth-order valence-corrected chi connectivity index (χ4v) is 1.82. The highest BCUT2D eigenvalue weighted by molar-refractivity contribution is 6.12. The summed E-state index contributed by atoms with van der Waals surface area (Å²) in [5.74, 6) is -1.61. The Morgan fingerprint density at radius 1 is 1.29 bits per heavy atom. The van der Waals surface area contributed by atoms with Crippen LogP contribution in [0.1, 0.15) is 12.8 Å². The predicted octanol–water partition coefficient (Wildman–Crippen LogP) is 1.22. The van der Waals surface area contributed by atoms with Gasteiger partial charge in [-0.15, -0.1) is 0 Å². The lowest BCUT2D eigenvalue weighted by molar-refractivity contribution is -0.148. The monoisotopic (exact) mass is 235 g/mol. The first-order valence-corrected chi connectivity index (χ1v) is 5.28. The molecule has 1 saturated carbocycles. The molecule has 0 bridgehead atoms. The minimum absolute atomic E-state index is 0.0375. The van der Waals surface area contributed by atoms with Crippen LogP contribution in [0.2, 0.25) is 0 Å². The van der Waals surface area contributed by atoms with Crippen molar-refractivity contribution in [1.29, 1.82) is 0 Å². The minimum Gasteiger partial charge on any atom is -0.506 e. The molecule has 2 rings (SSSR count). The lowest BCUT2D eigenvalue weighted by atomic mass is 10.1. The van der Waals surface area contributed by atoms with Crippen molar-refractivity contribution in [2.75, 3.05) is 11.9 Å². The molecule has 1 amide bonds. The third kappa shape index (κ3) is 1.73. The van der Waals surface area contributed by atoms with Crippen LogP contribution in [0.25, 0.3) is 0 Å². The molecular weight excluding hydrogens is 222 g/mol. The molecule has 0 saturated heterocycles. The normalized spacial score (nSPS) is 16.3. The second-order valence-corrected chi connectivity index (χ2v) is 4.24. The second kappa shape index (κ2) is 3.76. The highest BCUT2D eigenvalue weighted by atomic mass is 16.4. The van der Waals surface area contributed by atoms with Crippen molar-refractivity contribution in [2.45, 2.75) is 12.8 Å². The van der Waals surface area contributed by atoms with E-state index in [1.54, 1.807) is 18.2 Å². The van der Waals surface area contributed by atoms with Crippen molar-refractivity contribution >= 4 is 17.6 Å². The molecule has 0 heterocycles. The van der Waals surface area contributed by atoms with Crippen LogP contribution in [0.5, 0.6) is 5.75 Å².